The minimum Gasteiger partial charge on any atom is -0.309 e. The first kappa shape index (κ1) is 33.4. The molecule has 0 bridgehead atoms. The molecule has 0 saturated heterocycles. The standard InChI is InChI=1S/C53H43N/c1-3-53(4-2)48-30-19-29-45(41-24-13-7-14-25-41)52(48)47-36-46(42-26-15-8-16-27-42)51(37-49(47)53)54(43-34-32-39(33-35-43)38-20-9-5-10-21-38)50-31-18-17-28-44(50)40-22-11-6-12-23-40/h5-37H,3-4H2,1-2H3. The van der Waals surface area contributed by atoms with E-state index in [-0.39, 0.29) is 5.41 Å². The molecule has 1 heteroatoms. The first-order chi connectivity index (χ1) is 26.7. The van der Waals surface area contributed by atoms with E-state index in [0.717, 1.165) is 24.2 Å². The molecule has 8 aromatic rings. The molecule has 0 N–H and O–H groups in total. The van der Waals surface area contributed by atoms with E-state index in [2.05, 4.69) is 219 Å². The van der Waals surface area contributed by atoms with Crippen molar-refractivity contribution < 1.29 is 0 Å². The molecule has 1 nitrogen and oxygen atoms in total. The summed E-state index contributed by atoms with van der Waals surface area (Å²) in [7, 11) is 0. The maximum absolute atomic E-state index is 2.55. The van der Waals surface area contributed by atoms with E-state index in [1.54, 1.807) is 0 Å². The summed E-state index contributed by atoms with van der Waals surface area (Å²) in [6.45, 7) is 4.74. The Kier molecular flexibility index (Phi) is 8.77. The first-order valence-electron chi connectivity index (χ1n) is 19.2. The smallest absolute Gasteiger partial charge is 0.0543 e. The van der Waals surface area contributed by atoms with Gasteiger partial charge in [0.2, 0.25) is 0 Å². The van der Waals surface area contributed by atoms with Crippen molar-refractivity contribution in [2.45, 2.75) is 32.1 Å². The van der Waals surface area contributed by atoms with Crippen LogP contribution < -0.4 is 4.90 Å². The topological polar surface area (TPSA) is 3.24 Å². The third-order valence-corrected chi connectivity index (χ3v) is 11.6. The van der Waals surface area contributed by atoms with Gasteiger partial charge in [0.05, 0.1) is 11.4 Å². The van der Waals surface area contributed by atoms with Crippen molar-refractivity contribution in [3.05, 3.63) is 211 Å². The lowest BCUT2D eigenvalue weighted by molar-refractivity contribution is 0.490. The van der Waals surface area contributed by atoms with Crippen LogP contribution in [0, 0.1) is 0 Å². The van der Waals surface area contributed by atoms with E-state index < -0.39 is 0 Å². The maximum atomic E-state index is 2.55. The summed E-state index contributed by atoms with van der Waals surface area (Å²) < 4.78 is 0. The Morgan fingerprint density at radius 1 is 0.352 bits per heavy atom. The second kappa shape index (κ2) is 14.2. The van der Waals surface area contributed by atoms with Crippen LogP contribution in [0.5, 0.6) is 0 Å². The number of para-hydroxylation sites is 1. The molecule has 0 atom stereocenters. The lowest BCUT2D eigenvalue weighted by Crippen LogP contribution is -2.23. The molecule has 1 aliphatic rings. The van der Waals surface area contributed by atoms with Gasteiger partial charge in [0.25, 0.3) is 0 Å². The number of benzene rings is 8. The largest absolute Gasteiger partial charge is 0.309 e. The highest BCUT2D eigenvalue weighted by Gasteiger charge is 2.43. The summed E-state index contributed by atoms with van der Waals surface area (Å²) >= 11 is 0. The Morgan fingerprint density at radius 3 is 1.43 bits per heavy atom. The minimum absolute atomic E-state index is 0.124. The van der Waals surface area contributed by atoms with Crippen LogP contribution in [0.2, 0.25) is 0 Å². The summed E-state index contributed by atoms with van der Waals surface area (Å²) in [4.78, 5) is 2.51. The Morgan fingerprint density at radius 2 is 0.833 bits per heavy atom. The van der Waals surface area contributed by atoms with Gasteiger partial charge in [-0.3, -0.25) is 0 Å². The molecule has 54 heavy (non-hydrogen) atoms. The van der Waals surface area contributed by atoms with E-state index in [4.69, 9.17) is 0 Å². The van der Waals surface area contributed by atoms with Gasteiger partial charge < -0.3 is 4.90 Å². The molecule has 1 aliphatic carbocycles. The molecule has 0 radical (unpaired) electrons. The highest BCUT2D eigenvalue weighted by Crippen LogP contribution is 2.58. The van der Waals surface area contributed by atoms with E-state index >= 15 is 0 Å². The molecule has 0 amide bonds. The van der Waals surface area contributed by atoms with Gasteiger partial charge in [0.1, 0.15) is 0 Å². The number of rotatable bonds is 9. The van der Waals surface area contributed by atoms with Gasteiger partial charge >= 0.3 is 0 Å². The quantitative estimate of drug-likeness (QED) is 0.145. The van der Waals surface area contributed by atoms with Gasteiger partial charge in [0.15, 0.2) is 0 Å². The number of hydrogen-bond donors (Lipinski definition) is 0. The number of fused-ring (bicyclic) bond motifs is 3. The fourth-order valence-corrected chi connectivity index (χ4v) is 8.85. The van der Waals surface area contributed by atoms with E-state index in [1.165, 1.54) is 72.4 Å². The highest BCUT2D eigenvalue weighted by molar-refractivity contribution is 6.00. The highest BCUT2D eigenvalue weighted by atomic mass is 15.1. The first-order valence-corrected chi connectivity index (χ1v) is 19.2. The summed E-state index contributed by atoms with van der Waals surface area (Å²) in [6, 6.07) is 73.4. The molecule has 0 aromatic heterocycles. The van der Waals surface area contributed by atoms with Crippen LogP contribution in [0.25, 0.3) is 55.6 Å². The molecule has 0 unspecified atom stereocenters. The number of nitrogens with zero attached hydrogens (tertiary/aromatic N) is 1. The third-order valence-electron chi connectivity index (χ3n) is 11.6. The SMILES string of the molecule is CCC1(CC)c2cc(N(c3ccc(-c4ccccc4)cc3)c3ccccc3-c3ccccc3)c(-c3ccccc3)cc2-c2c(-c3ccccc3)cccc21. The Hall–Kier alpha value is -6.44. The summed E-state index contributed by atoms with van der Waals surface area (Å²) in [5.74, 6) is 0. The number of anilines is 3. The predicted molar refractivity (Wildman–Crippen MR) is 230 cm³/mol. The van der Waals surface area contributed by atoms with Crippen molar-refractivity contribution >= 4 is 17.1 Å². The van der Waals surface area contributed by atoms with Crippen LogP contribution in [-0.2, 0) is 5.41 Å². The molecular weight excluding hydrogens is 651 g/mol. The van der Waals surface area contributed by atoms with Gasteiger partial charge in [-0.05, 0) is 98.8 Å². The predicted octanol–water partition coefficient (Wildman–Crippen LogP) is 14.9. The van der Waals surface area contributed by atoms with Crippen molar-refractivity contribution in [1.29, 1.82) is 0 Å². The van der Waals surface area contributed by atoms with Gasteiger partial charge in [-0.25, -0.2) is 0 Å². The fraction of sp³-hybridized carbons (Fsp3) is 0.0943. The lowest BCUT2D eigenvalue weighted by Gasteiger charge is -2.34. The van der Waals surface area contributed by atoms with Gasteiger partial charge in [-0.15, -0.1) is 0 Å². The zero-order valence-electron chi connectivity index (χ0n) is 30.9. The normalized spacial score (nSPS) is 12.6. The lowest BCUT2D eigenvalue weighted by atomic mass is 9.73. The van der Waals surface area contributed by atoms with Crippen molar-refractivity contribution in [2.24, 2.45) is 0 Å². The minimum atomic E-state index is -0.124. The molecule has 0 spiro atoms. The van der Waals surface area contributed by atoms with Crippen molar-refractivity contribution in [1.82, 2.24) is 0 Å². The van der Waals surface area contributed by atoms with Crippen LogP contribution >= 0.6 is 0 Å². The Bertz CT molecular complexity index is 2530. The van der Waals surface area contributed by atoms with Crippen LogP contribution in [0.4, 0.5) is 17.1 Å². The second-order valence-corrected chi connectivity index (χ2v) is 14.3. The average molecular weight is 694 g/mol. The van der Waals surface area contributed by atoms with Crippen molar-refractivity contribution in [2.75, 3.05) is 4.90 Å². The maximum Gasteiger partial charge on any atom is 0.0543 e. The molecule has 0 fully saturated rings. The molecule has 0 heterocycles. The van der Waals surface area contributed by atoms with Crippen molar-refractivity contribution in [3.63, 3.8) is 0 Å². The Balaban J connectivity index is 1.36. The molecule has 0 saturated carbocycles. The molecule has 9 rings (SSSR count). The molecule has 0 aliphatic heterocycles. The monoisotopic (exact) mass is 693 g/mol. The summed E-state index contributed by atoms with van der Waals surface area (Å²) in [5, 5.41) is 0. The van der Waals surface area contributed by atoms with Gasteiger partial charge in [-0.2, -0.15) is 0 Å². The van der Waals surface area contributed by atoms with Crippen molar-refractivity contribution in [3.8, 4) is 55.6 Å². The van der Waals surface area contributed by atoms with E-state index in [0.29, 0.717) is 0 Å². The van der Waals surface area contributed by atoms with Gasteiger partial charge in [-0.1, -0.05) is 184 Å². The summed E-state index contributed by atoms with van der Waals surface area (Å²) in [5.41, 5.74) is 18.6. The molecular formula is C53H43N. The zero-order chi connectivity index (χ0) is 36.5. The van der Waals surface area contributed by atoms with Gasteiger partial charge in [0, 0.05) is 22.2 Å². The third kappa shape index (κ3) is 5.65. The summed E-state index contributed by atoms with van der Waals surface area (Å²) in [6.07, 6.45) is 2.02. The number of hydrogen-bond acceptors (Lipinski definition) is 1. The average Bonchev–Trinajstić information content (AvgIpc) is 3.54. The fourth-order valence-electron chi connectivity index (χ4n) is 8.85. The second-order valence-electron chi connectivity index (χ2n) is 14.3. The van der Waals surface area contributed by atoms with Crippen LogP contribution in [-0.4, -0.2) is 0 Å². The zero-order valence-corrected chi connectivity index (χ0v) is 30.9. The van der Waals surface area contributed by atoms with Crippen LogP contribution in [0.15, 0.2) is 200 Å². The van der Waals surface area contributed by atoms with Crippen LogP contribution in [0.1, 0.15) is 37.8 Å². The molecule has 260 valence electrons. The van der Waals surface area contributed by atoms with E-state index in [9.17, 15) is 0 Å². The van der Waals surface area contributed by atoms with E-state index in [1.807, 2.05) is 0 Å². The van der Waals surface area contributed by atoms with Crippen LogP contribution in [0.3, 0.4) is 0 Å². The molecule has 8 aromatic carbocycles. The Labute approximate surface area is 319 Å².